The molecule has 0 heterocycles. The molecule has 0 radical (unpaired) electrons. The van der Waals surface area contributed by atoms with Gasteiger partial charge in [-0.05, 0) is 79.2 Å². The molecule has 0 unspecified atom stereocenters. The van der Waals surface area contributed by atoms with E-state index in [0.29, 0.717) is 20.6 Å². The second kappa shape index (κ2) is 11.2. The van der Waals surface area contributed by atoms with Gasteiger partial charge in [0.2, 0.25) is 0 Å². The van der Waals surface area contributed by atoms with E-state index in [-0.39, 0.29) is 22.1 Å². The number of benzene rings is 4. The van der Waals surface area contributed by atoms with Gasteiger partial charge in [0.1, 0.15) is 17.2 Å². The van der Waals surface area contributed by atoms with Gasteiger partial charge in [0.25, 0.3) is 10.0 Å². The lowest BCUT2D eigenvalue weighted by atomic mass is 10.2. The highest BCUT2D eigenvalue weighted by Crippen LogP contribution is 2.29. The van der Waals surface area contributed by atoms with Crippen molar-refractivity contribution >= 4 is 39.6 Å². The summed E-state index contributed by atoms with van der Waals surface area (Å²) in [7, 11) is -4.42. The van der Waals surface area contributed by atoms with Gasteiger partial charge in [0.15, 0.2) is 0 Å². The molecule has 4 aromatic carbocycles. The number of carbonyl (C=O) groups is 2. The van der Waals surface area contributed by atoms with Gasteiger partial charge in [-0.1, -0.05) is 48.0 Å². The molecule has 0 fully saturated rings. The minimum Gasteiger partial charge on any atom is -0.409 e. The third-order valence-corrected chi connectivity index (χ3v) is 7.11. The van der Waals surface area contributed by atoms with Crippen LogP contribution in [-0.2, 0) is 10.0 Å². The number of hydrogen-bond acceptors (Lipinski definition) is 7. The molecule has 0 N–H and O–H groups in total. The summed E-state index contributed by atoms with van der Waals surface area (Å²) in [5, 5.41) is 0.376. The van der Waals surface area contributed by atoms with Crippen LogP contribution in [0.1, 0.15) is 5.56 Å². The Morgan fingerprint density at radius 1 is 0.703 bits per heavy atom. The molecule has 0 aliphatic heterocycles. The number of amides is 1. The molecule has 0 aliphatic carbocycles. The Bertz CT molecular complexity index is 1510. The van der Waals surface area contributed by atoms with Gasteiger partial charge in [-0.3, -0.25) is 0 Å². The smallest absolute Gasteiger partial charge is 0.409 e. The maximum absolute atomic E-state index is 13.6. The summed E-state index contributed by atoms with van der Waals surface area (Å²) in [5.41, 5.74) is 0.470. The maximum Gasteiger partial charge on any atom is 0.519 e. The van der Waals surface area contributed by atoms with Crippen LogP contribution in [0.25, 0.3) is 0 Å². The fraction of sp³-hybridized carbons (Fsp3) is 0.0370. The van der Waals surface area contributed by atoms with Gasteiger partial charge in [-0.25, -0.2) is 18.0 Å². The van der Waals surface area contributed by atoms with E-state index in [2.05, 4.69) is 0 Å². The average molecular weight is 538 g/mol. The summed E-state index contributed by atoms with van der Waals surface area (Å²) in [6.07, 6.45) is -2.14. The fourth-order valence-corrected chi connectivity index (χ4v) is 4.73. The lowest BCUT2D eigenvalue weighted by molar-refractivity contribution is 0.152. The summed E-state index contributed by atoms with van der Waals surface area (Å²) < 4.78 is 43.2. The number of para-hydroxylation sites is 2. The molecule has 188 valence electrons. The van der Waals surface area contributed by atoms with Crippen molar-refractivity contribution in [1.29, 1.82) is 0 Å². The first kappa shape index (κ1) is 25.7. The fourth-order valence-electron chi connectivity index (χ4n) is 3.21. The zero-order valence-electron chi connectivity index (χ0n) is 19.4. The second-order valence-corrected chi connectivity index (χ2v) is 9.82. The van der Waals surface area contributed by atoms with Crippen LogP contribution >= 0.6 is 11.6 Å². The number of aryl methyl sites for hydroxylation is 1. The molecular formula is C27H20ClNO7S. The number of rotatable bonds is 6. The van der Waals surface area contributed by atoms with Crippen molar-refractivity contribution < 1.29 is 32.2 Å². The van der Waals surface area contributed by atoms with Gasteiger partial charge < -0.3 is 14.2 Å². The molecule has 1 amide bonds. The van der Waals surface area contributed by atoms with Crippen molar-refractivity contribution in [3.8, 4) is 17.2 Å². The lowest BCUT2D eigenvalue weighted by Crippen LogP contribution is -2.39. The highest BCUT2D eigenvalue weighted by atomic mass is 35.5. The van der Waals surface area contributed by atoms with Gasteiger partial charge in [-0.15, -0.1) is 0 Å². The zero-order chi connectivity index (χ0) is 26.4. The highest BCUT2D eigenvalue weighted by molar-refractivity contribution is 7.93. The zero-order valence-corrected chi connectivity index (χ0v) is 21.0. The monoisotopic (exact) mass is 537 g/mol. The molecule has 0 saturated heterocycles. The molecule has 37 heavy (non-hydrogen) atoms. The van der Waals surface area contributed by atoms with Crippen molar-refractivity contribution in [2.75, 3.05) is 4.31 Å². The predicted molar refractivity (Wildman–Crippen MR) is 138 cm³/mol. The van der Waals surface area contributed by atoms with Crippen molar-refractivity contribution in [3.63, 3.8) is 0 Å². The Kier molecular flexibility index (Phi) is 7.76. The van der Waals surface area contributed by atoms with Crippen LogP contribution in [0.4, 0.5) is 15.3 Å². The predicted octanol–water partition coefficient (Wildman–Crippen LogP) is 6.62. The summed E-state index contributed by atoms with van der Waals surface area (Å²) in [5.74, 6) is 0.521. The summed E-state index contributed by atoms with van der Waals surface area (Å²) in [6.45, 7) is 1.65. The Morgan fingerprint density at radius 3 is 1.76 bits per heavy atom. The third-order valence-electron chi connectivity index (χ3n) is 5.00. The molecule has 0 atom stereocenters. The van der Waals surface area contributed by atoms with Crippen molar-refractivity contribution in [1.82, 2.24) is 0 Å². The minimum absolute atomic E-state index is 0.0442. The number of ether oxygens (including phenoxy) is 3. The average Bonchev–Trinajstić information content (AvgIpc) is 2.88. The first-order valence-electron chi connectivity index (χ1n) is 10.9. The molecule has 0 spiro atoms. The molecule has 0 saturated carbocycles. The third kappa shape index (κ3) is 6.27. The van der Waals surface area contributed by atoms with E-state index in [1.165, 1.54) is 54.6 Å². The SMILES string of the molecule is Cc1cc(S(=O)(=O)N(C(=O)Oc2ccccc2)c2ccc(OC(=O)Oc3ccccc3)cc2)ccc1Cl. The van der Waals surface area contributed by atoms with E-state index < -0.39 is 22.3 Å². The molecule has 10 heteroatoms. The van der Waals surface area contributed by atoms with Crippen LogP contribution < -0.4 is 18.5 Å². The largest absolute Gasteiger partial charge is 0.519 e. The Balaban J connectivity index is 1.63. The van der Waals surface area contributed by atoms with E-state index >= 15 is 0 Å². The lowest BCUT2D eigenvalue weighted by Gasteiger charge is -2.22. The number of anilines is 1. The molecule has 4 rings (SSSR count). The highest BCUT2D eigenvalue weighted by Gasteiger charge is 2.33. The van der Waals surface area contributed by atoms with Gasteiger partial charge in [0.05, 0.1) is 10.6 Å². The van der Waals surface area contributed by atoms with Crippen LogP contribution in [0.3, 0.4) is 0 Å². The molecule has 8 nitrogen and oxygen atoms in total. The van der Waals surface area contributed by atoms with E-state index in [0.717, 1.165) is 0 Å². The normalized spacial score (nSPS) is 10.9. The maximum atomic E-state index is 13.6. The first-order chi connectivity index (χ1) is 17.7. The molecule has 4 aromatic rings. The molecule has 0 bridgehead atoms. The van der Waals surface area contributed by atoms with Crippen LogP contribution in [0.2, 0.25) is 5.02 Å². The van der Waals surface area contributed by atoms with Gasteiger partial charge >= 0.3 is 12.2 Å². The van der Waals surface area contributed by atoms with Crippen molar-refractivity contribution in [2.45, 2.75) is 11.8 Å². The Hall–Kier alpha value is -4.34. The second-order valence-electron chi connectivity index (χ2n) is 7.62. The summed E-state index contributed by atoms with van der Waals surface area (Å²) >= 11 is 6.06. The molecule has 0 aromatic heterocycles. The van der Waals surface area contributed by atoms with Crippen molar-refractivity contribution in [3.05, 3.63) is 114 Å². The Labute approximate surface area is 218 Å². The number of nitrogens with zero attached hydrogens (tertiary/aromatic N) is 1. The minimum atomic E-state index is -4.42. The number of hydrogen-bond donors (Lipinski definition) is 0. The van der Waals surface area contributed by atoms with Gasteiger partial charge in [0, 0.05) is 5.02 Å². The summed E-state index contributed by atoms with van der Waals surface area (Å²) in [6, 6.07) is 25.7. The number of halogens is 1. The van der Waals surface area contributed by atoms with E-state index in [4.69, 9.17) is 25.8 Å². The first-order valence-corrected chi connectivity index (χ1v) is 12.7. The van der Waals surface area contributed by atoms with Gasteiger partial charge in [-0.2, -0.15) is 4.31 Å². The van der Waals surface area contributed by atoms with Crippen LogP contribution in [0.15, 0.2) is 108 Å². The molecular weight excluding hydrogens is 518 g/mol. The van der Waals surface area contributed by atoms with Crippen LogP contribution in [-0.4, -0.2) is 20.7 Å². The van der Waals surface area contributed by atoms with Crippen molar-refractivity contribution in [2.24, 2.45) is 0 Å². The van der Waals surface area contributed by atoms with E-state index in [1.54, 1.807) is 55.5 Å². The van der Waals surface area contributed by atoms with Crippen LogP contribution in [0, 0.1) is 6.92 Å². The molecule has 0 aliphatic rings. The number of carbonyl (C=O) groups excluding carboxylic acids is 2. The quantitative estimate of drug-likeness (QED) is 0.201. The van der Waals surface area contributed by atoms with E-state index in [9.17, 15) is 18.0 Å². The topological polar surface area (TPSA) is 99.2 Å². The Morgan fingerprint density at radius 2 is 1.22 bits per heavy atom. The van der Waals surface area contributed by atoms with Crippen LogP contribution in [0.5, 0.6) is 17.2 Å². The summed E-state index contributed by atoms with van der Waals surface area (Å²) in [4.78, 5) is 25.1. The van der Waals surface area contributed by atoms with E-state index in [1.807, 2.05) is 0 Å². The number of sulfonamides is 1. The standard InChI is InChI=1S/C27H20ClNO7S/c1-19-18-24(16-17-25(19)28)37(32,33)29(26(30)34-21-8-4-2-5-9-21)20-12-14-23(15-13-20)36-27(31)35-22-10-6-3-7-11-22/h2-18H,1H3.